The monoisotopic (exact) mass is 482 g/mol. The van der Waals surface area contributed by atoms with Crippen molar-refractivity contribution in [1.29, 1.82) is 0 Å². The van der Waals surface area contributed by atoms with Gasteiger partial charge in [-0.15, -0.1) is 0 Å². The van der Waals surface area contributed by atoms with Gasteiger partial charge in [0.05, 0.1) is 19.1 Å². The molecule has 4 amide bonds. The maximum Gasteiger partial charge on any atom is 0.302 e. The average molecular weight is 483 g/mol. The molecule has 0 heterocycles. The van der Waals surface area contributed by atoms with Gasteiger partial charge >= 0.3 is 5.91 Å². The Morgan fingerprint density at radius 2 is 1.42 bits per heavy atom. The van der Waals surface area contributed by atoms with Gasteiger partial charge in [0.15, 0.2) is 0 Å². The van der Waals surface area contributed by atoms with E-state index < -0.39 is 42.0 Å². The number of hydrogen-bond acceptors (Lipinski definition) is 7. The first-order valence-electron chi connectivity index (χ1n) is 11.6. The summed E-state index contributed by atoms with van der Waals surface area (Å²) in [5.41, 5.74) is 5.58. The Hall–Kier alpha value is -2.38. The molecule has 1 atom stereocenters. The molecular formula is C23H38N4O5S. The molecular weight excluding hydrogens is 444 g/mol. The number of rotatable bonds is 17. The third kappa shape index (κ3) is 18.9. The summed E-state index contributed by atoms with van der Waals surface area (Å²) in [6, 6.07) is -0.760. The van der Waals surface area contributed by atoms with E-state index in [0.717, 1.165) is 19.3 Å². The van der Waals surface area contributed by atoms with Crippen LogP contribution >= 0.6 is 12.6 Å². The minimum absolute atomic E-state index is 0.233. The highest BCUT2D eigenvalue weighted by atomic mass is 32.1. The maximum absolute atomic E-state index is 11.7. The molecule has 0 spiro atoms. The first kappa shape index (κ1) is 30.6. The molecule has 0 saturated carbocycles. The number of nitrogens with two attached hydrogens (primary N) is 1. The van der Waals surface area contributed by atoms with Gasteiger partial charge < -0.3 is 16.4 Å². The Morgan fingerprint density at radius 3 is 2.03 bits per heavy atom. The fourth-order valence-corrected chi connectivity index (χ4v) is 3.08. The largest absolute Gasteiger partial charge is 0.346 e. The molecule has 0 aromatic heterocycles. The molecule has 0 unspecified atom stereocenters. The molecule has 0 aliphatic heterocycles. The summed E-state index contributed by atoms with van der Waals surface area (Å²) in [6.07, 6.45) is 10.7. The molecule has 5 N–H and O–H groups in total. The summed E-state index contributed by atoms with van der Waals surface area (Å²) < 4.78 is 0. The van der Waals surface area contributed by atoms with Crippen LogP contribution in [0.4, 0.5) is 0 Å². The van der Waals surface area contributed by atoms with Gasteiger partial charge in [-0.1, -0.05) is 58.3 Å². The van der Waals surface area contributed by atoms with Crippen molar-refractivity contribution < 1.29 is 24.0 Å². The Balaban J connectivity index is 3.93. The lowest BCUT2D eigenvalue weighted by Gasteiger charge is -2.10. The van der Waals surface area contributed by atoms with E-state index in [2.05, 4.69) is 41.4 Å². The standard InChI is InChI=1S/C23H38N4O5S/c1-2-3-4-5-6-7-8-9-10-11-20(29)27-21(30)13-12-18(28)16-25-22(31)17-26-23(32)19(24)14-15-33/h19,33H,2-11,14-17,24H2,1H3,(H,25,31)(H,26,32)(H,27,29,30)/t19-/m0/s1. The summed E-state index contributed by atoms with van der Waals surface area (Å²) in [4.78, 5) is 58.3. The predicted molar refractivity (Wildman–Crippen MR) is 130 cm³/mol. The second kappa shape index (κ2) is 20.2. The van der Waals surface area contributed by atoms with Crippen molar-refractivity contribution in [2.24, 2.45) is 5.73 Å². The minimum atomic E-state index is -0.860. The first-order chi connectivity index (χ1) is 15.8. The lowest BCUT2D eigenvalue weighted by molar-refractivity contribution is -0.128. The smallest absolute Gasteiger partial charge is 0.302 e. The van der Waals surface area contributed by atoms with E-state index in [0.29, 0.717) is 18.6 Å². The average Bonchev–Trinajstić information content (AvgIpc) is 2.78. The molecule has 0 saturated heterocycles. The SMILES string of the molecule is CCCCCCCCCCCC(=O)NC(=O)C#CC(=O)CNC(=O)CNC(=O)[C@@H](N)CCS. The van der Waals surface area contributed by atoms with Crippen LogP contribution in [0.3, 0.4) is 0 Å². The number of unbranched alkanes of at least 4 members (excludes halogenated alkanes) is 8. The van der Waals surface area contributed by atoms with Crippen molar-refractivity contribution in [2.75, 3.05) is 18.8 Å². The highest BCUT2D eigenvalue weighted by Crippen LogP contribution is 2.10. The van der Waals surface area contributed by atoms with Gasteiger partial charge in [0.1, 0.15) is 0 Å². The van der Waals surface area contributed by atoms with Crippen LogP contribution in [-0.4, -0.2) is 54.3 Å². The van der Waals surface area contributed by atoms with Gasteiger partial charge in [-0.25, -0.2) is 0 Å². The summed E-state index contributed by atoms with van der Waals surface area (Å²) in [6.45, 7) is 1.42. The van der Waals surface area contributed by atoms with Gasteiger partial charge in [-0.2, -0.15) is 12.6 Å². The topological polar surface area (TPSA) is 147 Å². The van der Waals surface area contributed by atoms with E-state index in [1.807, 2.05) is 5.92 Å². The van der Waals surface area contributed by atoms with Crippen LogP contribution < -0.4 is 21.7 Å². The minimum Gasteiger partial charge on any atom is -0.346 e. The molecule has 0 radical (unpaired) electrons. The van der Waals surface area contributed by atoms with Crippen molar-refractivity contribution >= 4 is 42.0 Å². The molecule has 0 aliphatic rings. The second-order valence-electron chi connectivity index (χ2n) is 7.74. The summed E-state index contributed by atoms with van der Waals surface area (Å²) in [5.74, 6) is 1.45. The summed E-state index contributed by atoms with van der Waals surface area (Å²) in [5, 5.41) is 6.74. The van der Waals surface area contributed by atoms with E-state index >= 15 is 0 Å². The number of nitrogens with one attached hydrogen (secondary N) is 3. The third-order valence-corrected chi connectivity index (χ3v) is 4.98. The van der Waals surface area contributed by atoms with Crippen molar-refractivity contribution in [2.45, 2.75) is 83.6 Å². The van der Waals surface area contributed by atoms with Crippen LogP contribution in [-0.2, 0) is 24.0 Å². The first-order valence-corrected chi connectivity index (χ1v) is 12.2. The Labute approximate surface area is 202 Å². The molecule has 0 fully saturated rings. The zero-order valence-corrected chi connectivity index (χ0v) is 20.4. The van der Waals surface area contributed by atoms with Gasteiger partial charge in [0, 0.05) is 12.3 Å². The van der Waals surface area contributed by atoms with Crippen LogP contribution in [0.2, 0.25) is 0 Å². The molecule has 186 valence electrons. The third-order valence-electron chi connectivity index (χ3n) is 4.72. The lowest BCUT2D eigenvalue weighted by atomic mass is 10.1. The van der Waals surface area contributed by atoms with Crippen LogP contribution in [0.15, 0.2) is 0 Å². The zero-order valence-electron chi connectivity index (χ0n) is 19.5. The van der Waals surface area contributed by atoms with Gasteiger partial charge in [-0.05, 0) is 24.5 Å². The van der Waals surface area contributed by atoms with Crippen molar-refractivity contribution in [3.63, 3.8) is 0 Å². The van der Waals surface area contributed by atoms with Crippen molar-refractivity contribution in [1.82, 2.24) is 16.0 Å². The van der Waals surface area contributed by atoms with Gasteiger partial charge in [0.25, 0.3) is 0 Å². The molecule has 9 nitrogen and oxygen atoms in total. The number of imide groups is 1. The van der Waals surface area contributed by atoms with E-state index in [9.17, 15) is 24.0 Å². The van der Waals surface area contributed by atoms with E-state index in [4.69, 9.17) is 5.73 Å². The fraction of sp³-hybridized carbons (Fsp3) is 0.696. The number of amides is 4. The normalized spacial score (nSPS) is 11.0. The molecule has 0 rings (SSSR count). The Morgan fingerprint density at radius 1 is 0.818 bits per heavy atom. The molecule has 0 aliphatic carbocycles. The summed E-state index contributed by atoms with van der Waals surface area (Å²) in [7, 11) is 0. The predicted octanol–water partition coefficient (Wildman–Crippen LogP) is 1.00. The molecule has 0 aromatic rings. The van der Waals surface area contributed by atoms with Crippen LogP contribution in [0, 0.1) is 11.8 Å². The Bertz CT molecular complexity index is 703. The highest BCUT2D eigenvalue weighted by molar-refractivity contribution is 7.80. The Kier molecular flexibility index (Phi) is 18.8. The molecule has 33 heavy (non-hydrogen) atoms. The van der Waals surface area contributed by atoms with Crippen LogP contribution in [0.25, 0.3) is 0 Å². The highest BCUT2D eigenvalue weighted by Gasteiger charge is 2.13. The zero-order chi connectivity index (χ0) is 24.9. The van der Waals surface area contributed by atoms with Crippen molar-refractivity contribution in [3.05, 3.63) is 0 Å². The fourth-order valence-electron chi connectivity index (χ4n) is 2.80. The molecule has 10 heteroatoms. The second-order valence-corrected chi connectivity index (χ2v) is 8.19. The number of ketones is 1. The molecule has 0 bridgehead atoms. The van der Waals surface area contributed by atoms with Gasteiger partial charge in [0.2, 0.25) is 23.5 Å². The number of hydrogen-bond donors (Lipinski definition) is 5. The van der Waals surface area contributed by atoms with Crippen molar-refractivity contribution in [3.8, 4) is 11.8 Å². The van der Waals surface area contributed by atoms with Crippen LogP contribution in [0.5, 0.6) is 0 Å². The van der Waals surface area contributed by atoms with E-state index in [-0.39, 0.29) is 13.0 Å². The maximum atomic E-state index is 11.7. The number of Topliss-reactive ketones (excluding diaryl/α,β-unsaturated/α-hetero) is 1. The number of carbonyl (C=O) groups is 5. The van der Waals surface area contributed by atoms with Crippen LogP contribution in [0.1, 0.15) is 77.6 Å². The van der Waals surface area contributed by atoms with E-state index in [1.54, 1.807) is 0 Å². The molecule has 0 aromatic carbocycles. The quantitative estimate of drug-likeness (QED) is 0.0904. The lowest BCUT2D eigenvalue weighted by Crippen LogP contribution is -2.45. The van der Waals surface area contributed by atoms with Gasteiger partial charge in [-0.3, -0.25) is 29.3 Å². The van der Waals surface area contributed by atoms with E-state index in [1.165, 1.54) is 32.1 Å². The number of carbonyl (C=O) groups excluding carboxylic acids is 5. The summed E-state index contributed by atoms with van der Waals surface area (Å²) >= 11 is 3.97. The number of thiol groups is 1.